The Morgan fingerprint density at radius 2 is 2.09 bits per heavy atom. The molecule has 1 aliphatic carbocycles. The first kappa shape index (κ1) is 14.6. The van der Waals surface area contributed by atoms with Crippen molar-refractivity contribution in [2.24, 2.45) is 0 Å². The summed E-state index contributed by atoms with van der Waals surface area (Å²) in [6, 6.07) is 8.38. The average Bonchev–Trinajstić information content (AvgIpc) is 3.05. The topological polar surface area (TPSA) is 45.2 Å². The first-order valence-electron chi connectivity index (χ1n) is 8.57. The number of amides is 1. The first-order valence-corrected chi connectivity index (χ1v) is 8.57. The highest BCUT2D eigenvalue weighted by atomic mass is 16.2. The fourth-order valence-electron chi connectivity index (χ4n) is 4.28. The number of fused-ring (bicyclic) bond motifs is 1. The van der Waals surface area contributed by atoms with Gasteiger partial charge in [-0.05, 0) is 43.0 Å². The van der Waals surface area contributed by atoms with E-state index in [1.54, 1.807) is 0 Å². The highest BCUT2D eigenvalue weighted by Gasteiger charge is 2.47. The minimum atomic E-state index is -0.283. The molecule has 2 aromatic rings. The summed E-state index contributed by atoms with van der Waals surface area (Å²) in [4.78, 5) is 19.5. The lowest BCUT2D eigenvalue weighted by atomic mass is 9.90. The third-order valence-electron chi connectivity index (χ3n) is 5.61. The smallest absolute Gasteiger partial charge is 0.240 e. The van der Waals surface area contributed by atoms with E-state index in [1.165, 1.54) is 16.5 Å². The van der Waals surface area contributed by atoms with E-state index < -0.39 is 0 Å². The maximum absolute atomic E-state index is 12.6. The molecule has 1 N–H and O–H groups in total. The Morgan fingerprint density at radius 3 is 2.91 bits per heavy atom. The van der Waals surface area contributed by atoms with Gasteiger partial charge in [-0.15, -0.1) is 0 Å². The molecule has 2 fully saturated rings. The molecular weight excluding hydrogens is 286 g/mol. The van der Waals surface area contributed by atoms with Crippen molar-refractivity contribution in [3.63, 3.8) is 0 Å². The fraction of sp³-hybridized carbons (Fsp3) is 0.474. The molecule has 120 valence electrons. The van der Waals surface area contributed by atoms with Gasteiger partial charge in [0, 0.05) is 31.2 Å². The molecule has 1 amide bonds. The quantitative estimate of drug-likeness (QED) is 0.928. The van der Waals surface area contributed by atoms with Crippen LogP contribution in [0.4, 0.5) is 0 Å². The van der Waals surface area contributed by atoms with Crippen LogP contribution in [0.1, 0.15) is 36.8 Å². The molecule has 1 aromatic heterocycles. The number of piperazine rings is 1. The van der Waals surface area contributed by atoms with Crippen molar-refractivity contribution in [3.05, 3.63) is 41.6 Å². The van der Waals surface area contributed by atoms with Crippen molar-refractivity contribution < 1.29 is 4.79 Å². The third kappa shape index (κ3) is 2.32. The Hall–Kier alpha value is -1.94. The van der Waals surface area contributed by atoms with E-state index in [2.05, 4.69) is 40.3 Å². The van der Waals surface area contributed by atoms with Gasteiger partial charge in [0.15, 0.2) is 0 Å². The average molecular weight is 309 g/mol. The van der Waals surface area contributed by atoms with Crippen molar-refractivity contribution in [1.82, 2.24) is 15.2 Å². The second-order valence-electron chi connectivity index (χ2n) is 6.85. The Labute approximate surface area is 136 Å². The van der Waals surface area contributed by atoms with Crippen LogP contribution in [0.25, 0.3) is 10.9 Å². The van der Waals surface area contributed by atoms with Gasteiger partial charge in [-0.2, -0.15) is 0 Å². The second kappa shape index (κ2) is 5.60. The normalized spacial score (nSPS) is 21.0. The SMILES string of the molecule is Cc1ccc2ncccc2c1CN1CCNC(=O)C12CCCC2. The van der Waals surface area contributed by atoms with Crippen LogP contribution >= 0.6 is 0 Å². The van der Waals surface area contributed by atoms with E-state index in [0.29, 0.717) is 0 Å². The number of hydrogen-bond acceptors (Lipinski definition) is 3. The maximum Gasteiger partial charge on any atom is 0.240 e. The van der Waals surface area contributed by atoms with Gasteiger partial charge < -0.3 is 5.32 Å². The van der Waals surface area contributed by atoms with Crippen LogP contribution in [0.3, 0.4) is 0 Å². The lowest BCUT2D eigenvalue weighted by molar-refractivity contribution is -0.137. The lowest BCUT2D eigenvalue weighted by Crippen LogP contribution is -2.63. The predicted octanol–water partition coefficient (Wildman–Crippen LogP) is 2.79. The van der Waals surface area contributed by atoms with E-state index in [9.17, 15) is 4.79 Å². The van der Waals surface area contributed by atoms with Crippen LogP contribution in [-0.2, 0) is 11.3 Å². The van der Waals surface area contributed by atoms with Crippen LogP contribution in [0.2, 0.25) is 0 Å². The molecule has 4 nitrogen and oxygen atoms in total. The minimum absolute atomic E-state index is 0.234. The monoisotopic (exact) mass is 309 g/mol. The zero-order chi connectivity index (χ0) is 15.9. The number of rotatable bonds is 2. The van der Waals surface area contributed by atoms with Crippen LogP contribution in [0.5, 0.6) is 0 Å². The Kier molecular flexibility index (Phi) is 3.57. The van der Waals surface area contributed by atoms with Crippen LogP contribution in [0, 0.1) is 6.92 Å². The van der Waals surface area contributed by atoms with E-state index >= 15 is 0 Å². The summed E-state index contributed by atoms with van der Waals surface area (Å²) in [5.74, 6) is 0.234. The largest absolute Gasteiger partial charge is 0.353 e. The van der Waals surface area contributed by atoms with Crippen molar-refractivity contribution in [2.75, 3.05) is 13.1 Å². The van der Waals surface area contributed by atoms with Crippen LogP contribution in [0.15, 0.2) is 30.5 Å². The molecule has 0 unspecified atom stereocenters. The predicted molar refractivity (Wildman–Crippen MR) is 91.1 cm³/mol. The highest BCUT2D eigenvalue weighted by Crippen LogP contribution is 2.38. The van der Waals surface area contributed by atoms with E-state index in [1.807, 2.05) is 12.3 Å². The second-order valence-corrected chi connectivity index (χ2v) is 6.85. The number of benzene rings is 1. The van der Waals surface area contributed by atoms with Crippen molar-refractivity contribution in [1.29, 1.82) is 0 Å². The fourth-order valence-corrected chi connectivity index (χ4v) is 4.28. The zero-order valence-corrected chi connectivity index (χ0v) is 13.6. The molecule has 1 aliphatic heterocycles. The molecule has 1 spiro atoms. The maximum atomic E-state index is 12.6. The Balaban J connectivity index is 1.75. The lowest BCUT2D eigenvalue weighted by Gasteiger charge is -2.44. The van der Waals surface area contributed by atoms with Gasteiger partial charge in [0.05, 0.1) is 5.52 Å². The minimum Gasteiger partial charge on any atom is -0.353 e. The summed E-state index contributed by atoms with van der Waals surface area (Å²) < 4.78 is 0. The molecule has 2 heterocycles. The summed E-state index contributed by atoms with van der Waals surface area (Å²) in [5.41, 5.74) is 3.35. The molecule has 1 aromatic carbocycles. The van der Waals surface area contributed by atoms with Gasteiger partial charge in [0.1, 0.15) is 5.54 Å². The molecule has 1 saturated heterocycles. The standard InChI is InChI=1S/C19H23N3O/c1-14-6-7-17-15(5-4-10-20-17)16(14)13-22-12-11-21-18(23)19(22)8-2-3-9-19/h4-7,10H,2-3,8-9,11-13H2,1H3,(H,21,23). The molecule has 4 rings (SSSR count). The number of nitrogens with zero attached hydrogens (tertiary/aromatic N) is 2. The highest BCUT2D eigenvalue weighted by molar-refractivity contribution is 5.88. The number of hydrogen-bond donors (Lipinski definition) is 1. The van der Waals surface area contributed by atoms with Gasteiger partial charge in [0.2, 0.25) is 5.91 Å². The Morgan fingerprint density at radius 1 is 1.26 bits per heavy atom. The molecule has 4 heteroatoms. The molecule has 2 aliphatic rings. The molecule has 23 heavy (non-hydrogen) atoms. The van der Waals surface area contributed by atoms with Crippen molar-refractivity contribution >= 4 is 16.8 Å². The summed E-state index contributed by atoms with van der Waals surface area (Å²) >= 11 is 0. The zero-order valence-electron chi connectivity index (χ0n) is 13.6. The van der Waals surface area contributed by atoms with Crippen molar-refractivity contribution in [3.8, 4) is 0 Å². The number of aryl methyl sites for hydroxylation is 1. The van der Waals surface area contributed by atoms with Gasteiger partial charge in [-0.3, -0.25) is 14.7 Å². The summed E-state index contributed by atoms with van der Waals surface area (Å²) in [5, 5.41) is 4.30. The van der Waals surface area contributed by atoms with Gasteiger partial charge >= 0.3 is 0 Å². The number of carbonyl (C=O) groups is 1. The Bertz CT molecular complexity index is 749. The molecule has 0 atom stereocenters. The number of carbonyl (C=O) groups excluding carboxylic acids is 1. The summed E-state index contributed by atoms with van der Waals surface area (Å²) in [7, 11) is 0. The van der Waals surface area contributed by atoms with E-state index in [0.717, 1.165) is 50.8 Å². The number of pyridine rings is 1. The van der Waals surface area contributed by atoms with E-state index in [4.69, 9.17) is 0 Å². The molecular formula is C19H23N3O. The third-order valence-corrected chi connectivity index (χ3v) is 5.61. The molecule has 1 saturated carbocycles. The van der Waals surface area contributed by atoms with Crippen LogP contribution < -0.4 is 5.32 Å². The number of nitrogens with one attached hydrogen (secondary N) is 1. The summed E-state index contributed by atoms with van der Waals surface area (Å²) in [6.45, 7) is 4.68. The van der Waals surface area contributed by atoms with Crippen molar-refractivity contribution in [2.45, 2.75) is 44.7 Å². The molecule has 0 bridgehead atoms. The molecule has 0 radical (unpaired) electrons. The van der Waals surface area contributed by atoms with Crippen LogP contribution in [-0.4, -0.2) is 34.4 Å². The van der Waals surface area contributed by atoms with Gasteiger partial charge in [-0.1, -0.05) is 25.0 Å². The summed E-state index contributed by atoms with van der Waals surface area (Å²) in [6.07, 6.45) is 6.12. The van der Waals surface area contributed by atoms with Gasteiger partial charge in [-0.25, -0.2) is 0 Å². The first-order chi connectivity index (χ1) is 11.2. The van der Waals surface area contributed by atoms with Gasteiger partial charge in [0.25, 0.3) is 0 Å². The number of aromatic nitrogens is 1. The van der Waals surface area contributed by atoms with E-state index in [-0.39, 0.29) is 11.4 Å².